The van der Waals surface area contributed by atoms with Gasteiger partial charge in [0.15, 0.2) is 9.84 Å². The number of hydrogen-bond acceptors (Lipinski definition) is 7. The van der Waals surface area contributed by atoms with Crippen LogP contribution in [-0.2, 0) is 16.4 Å². The SMILES string of the molecule is O=S1(=O)CCC(NCc2nc(-c3cccs3)no2)C1. The number of rotatable bonds is 4. The molecule has 3 rings (SSSR count). The van der Waals surface area contributed by atoms with E-state index in [1.54, 1.807) is 11.3 Å². The van der Waals surface area contributed by atoms with E-state index < -0.39 is 9.84 Å². The Bertz CT molecular complexity index is 649. The van der Waals surface area contributed by atoms with Gasteiger partial charge in [-0.1, -0.05) is 11.2 Å². The lowest BCUT2D eigenvalue weighted by molar-refractivity contribution is 0.360. The molecule has 0 spiro atoms. The summed E-state index contributed by atoms with van der Waals surface area (Å²) >= 11 is 1.55. The van der Waals surface area contributed by atoms with Crippen LogP contribution in [0.25, 0.3) is 10.7 Å². The van der Waals surface area contributed by atoms with Crippen molar-refractivity contribution in [2.45, 2.75) is 19.0 Å². The molecule has 19 heavy (non-hydrogen) atoms. The van der Waals surface area contributed by atoms with Crippen molar-refractivity contribution in [3.8, 4) is 10.7 Å². The normalized spacial score (nSPS) is 21.8. The summed E-state index contributed by atoms with van der Waals surface area (Å²) in [5.41, 5.74) is 0. The zero-order valence-electron chi connectivity index (χ0n) is 10.1. The van der Waals surface area contributed by atoms with E-state index in [2.05, 4.69) is 15.5 Å². The maximum absolute atomic E-state index is 11.3. The van der Waals surface area contributed by atoms with E-state index in [0.29, 0.717) is 24.7 Å². The molecule has 0 saturated carbocycles. The van der Waals surface area contributed by atoms with Crippen molar-refractivity contribution in [1.29, 1.82) is 0 Å². The van der Waals surface area contributed by atoms with Crippen molar-refractivity contribution >= 4 is 21.2 Å². The second-order valence-electron chi connectivity index (χ2n) is 4.47. The molecule has 102 valence electrons. The topological polar surface area (TPSA) is 85.1 Å². The molecule has 0 bridgehead atoms. The second-order valence-corrected chi connectivity index (χ2v) is 7.65. The molecule has 1 unspecified atom stereocenters. The van der Waals surface area contributed by atoms with E-state index in [1.807, 2.05) is 17.5 Å². The van der Waals surface area contributed by atoms with Gasteiger partial charge in [-0.2, -0.15) is 4.98 Å². The minimum absolute atomic E-state index is 0.0120. The number of thiophene rings is 1. The van der Waals surface area contributed by atoms with Crippen LogP contribution in [-0.4, -0.2) is 36.1 Å². The van der Waals surface area contributed by atoms with Crippen molar-refractivity contribution in [3.63, 3.8) is 0 Å². The van der Waals surface area contributed by atoms with Crippen LogP contribution in [0.15, 0.2) is 22.0 Å². The summed E-state index contributed by atoms with van der Waals surface area (Å²) in [6.45, 7) is 0.401. The molecule has 1 atom stereocenters. The Morgan fingerprint density at radius 1 is 1.53 bits per heavy atom. The van der Waals surface area contributed by atoms with Crippen molar-refractivity contribution in [1.82, 2.24) is 15.5 Å². The zero-order chi connectivity index (χ0) is 13.3. The molecular weight excluding hydrogens is 286 g/mol. The lowest BCUT2D eigenvalue weighted by Crippen LogP contribution is -2.29. The van der Waals surface area contributed by atoms with Gasteiger partial charge in [0.2, 0.25) is 11.7 Å². The molecule has 1 N–H and O–H groups in total. The Morgan fingerprint density at radius 2 is 2.42 bits per heavy atom. The Balaban J connectivity index is 1.59. The molecule has 2 aromatic rings. The fourth-order valence-corrected chi connectivity index (χ4v) is 4.38. The van der Waals surface area contributed by atoms with Gasteiger partial charge in [-0.05, 0) is 17.9 Å². The van der Waals surface area contributed by atoms with E-state index in [-0.39, 0.29) is 17.5 Å². The van der Waals surface area contributed by atoms with Gasteiger partial charge in [0.1, 0.15) is 0 Å². The summed E-state index contributed by atoms with van der Waals surface area (Å²) in [6.07, 6.45) is 0.647. The smallest absolute Gasteiger partial charge is 0.240 e. The first-order valence-corrected chi connectivity index (χ1v) is 8.63. The first-order chi connectivity index (χ1) is 9.12. The average Bonchev–Trinajstić information content (AvgIpc) is 3.04. The maximum Gasteiger partial charge on any atom is 0.240 e. The van der Waals surface area contributed by atoms with Crippen LogP contribution in [0.3, 0.4) is 0 Å². The van der Waals surface area contributed by atoms with Gasteiger partial charge in [0, 0.05) is 6.04 Å². The highest BCUT2D eigenvalue weighted by Gasteiger charge is 2.27. The molecule has 3 heterocycles. The summed E-state index contributed by atoms with van der Waals surface area (Å²) < 4.78 is 27.8. The van der Waals surface area contributed by atoms with Crippen LogP contribution >= 0.6 is 11.3 Å². The van der Waals surface area contributed by atoms with E-state index >= 15 is 0 Å². The fraction of sp³-hybridized carbons (Fsp3) is 0.455. The van der Waals surface area contributed by atoms with Crippen LogP contribution in [0.2, 0.25) is 0 Å². The Kier molecular flexibility index (Phi) is 3.38. The maximum atomic E-state index is 11.3. The van der Waals surface area contributed by atoms with Gasteiger partial charge < -0.3 is 9.84 Å². The van der Waals surface area contributed by atoms with Gasteiger partial charge in [0.05, 0.1) is 22.9 Å². The third-order valence-electron chi connectivity index (χ3n) is 2.98. The Hall–Kier alpha value is -1.25. The molecule has 0 radical (unpaired) electrons. The summed E-state index contributed by atoms with van der Waals surface area (Å²) in [5, 5.41) is 8.99. The number of nitrogens with one attached hydrogen (secondary N) is 1. The fourth-order valence-electron chi connectivity index (χ4n) is 2.02. The van der Waals surface area contributed by atoms with Gasteiger partial charge in [-0.3, -0.25) is 0 Å². The van der Waals surface area contributed by atoms with Gasteiger partial charge in [-0.15, -0.1) is 11.3 Å². The highest BCUT2D eigenvalue weighted by molar-refractivity contribution is 7.91. The predicted octanol–water partition coefficient (Wildman–Crippen LogP) is 1.07. The van der Waals surface area contributed by atoms with E-state index in [0.717, 1.165) is 4.88 Å². The lowest BCUT2D eigenvalue weighted by atomic mass is 10.3. The summed E-state index contributed by atoms with van der Waals surface area (Å²) in [4.78, 5) is 5.23. The van der Waals surface area contributed by atoms with E-state index in [9.17, 15) is 8.42 Å². The Morgan fingerprint density at radius 3 is 3.11 bits per heavy atom. The second kappa shape index (κ2) is 5.03. The quantitative estimate of drug-likeness (QED) is 0.909. The Labute approximate surface area is 114 Å². The van der Waals surface area contributed by atoms with Crippen molar-refractivity contribution < 1.29 is 12.9 Å². The predicted molar refractivity (Wildman–Crippen MR) is 71.5 cm³/mol. The van der Waals surface area contributed by atoms with Crippen LogP contribution in [0.1, 0.15) is 12.3 Å². The molecule has 1 aliphatic rings. The van der Waals surface area contributed by atoms with Crippen molar-refractivity contribution in [2.75, 3.05) is 11.5 Å². The largest absolute Gasteiger partial charge is 0.338 e. The number of hydrogen-bond donors (Lipinski definition) is 1. The van der Waals surface area contributed by atoms with Gasteiger partial charge in [-0.25, -0.2) is 8.42 Å². The van der Waals surface area contributed by atoms with Crippen LogP contribution in [0.4, 0.5) is 0 Å². The van der Waals surface area contributed by atoms with Crippen molar-refractivity contribution in [3.05, 3.63) is 23.4 Å². The molecular formula is C11H13N3O3S2. The minimum Gasteiger partial charge on any atom is -0.338 e. The van der Waals surface area contributed by atoms with Gasteiger partial charge >= 0.3 is 0 Å². The number of nitrogens with zero attached hydrogens (tertiary/aromatic N) is 2. The average molecular weight is 299 g/mol. The highest BCUT2D eigenvalue weighted by atomic mass is 32.2. The number of sulfone groups is 1. The molecule has 0 aliphatic carbocycles. The minimum atomic E-state index is -2.86. The summed E-state index contributed by atoms with van der Waals surface area (Å²) in [6, 6.07) is 3.84. The monoisotopic (exact) mass is 299 g/mol. The molecule has 1 saturated heterocycles. The third-order valence-corrected chi connectivity index (χ3v) is 5.62. The lowest BCUT2D eigenvalue weighted by Gasteiger charge is -2.06. The summed E-state index contributed by atoms with van der Waals surface area (Å²) in [7, 11) is -2.86. The summed E-state index contributed by atoms with van der Waals surface area (Å²) in [5.74, 6) is 1.51. The van der Waals surface area contributed by atoms with Crippen molar-refractivity contribution in [2.24, 2.45) is 0 Å². The zero-order valence-corrected chi connectivity index (χ0v) is 11.7. The first kappa shape index (κ1) is 12.8. The molecule has 2 aromatic heterocycles. The number of aromatic nitrogens is 2. The molecule has 0 aromatic carbocycles. The molecule has 8 heteroatoms. The van der Waals surface area contributed by atoms with Gasteiger partial charge in [0.25, 0.3) is 0 Å². The van der Waals surface area contributed by atoms with Crippen LogP contribution in [0.5, 0.6) is 0 Å². The molecule has 1 fully saturated rings. The van der Waals surface area contributed by atoms with Crippen LogP contribution in [0, 0.1) is 0 Å². The first-order valence-electron chi connectivity index (χ1n) is 5.93. The molecule has 0 amide bonds. The molecule has 6 nitrogen and oxygen atoms in total. The van der Waals surface area contributed by atoms with E-state index in [4.69, 9.17) is 4.52 Å². The standard InChI is InChI=1S/C11H13N3O3S2/c15-19(16)5-3-8(7-19)12-6-10-13-11(14-17-10)9-2-1-4-18-9/h1-2,4,8,12H,3,5-7H2. The third kappa shape index (κ3) is 3.02. The molecule has 1 aliphatic heterocycles. The highest BCUT2D eigenvalue weighted by Crippen LogP contribution is 2.21. The van der Waals surface area contributed by atoms with E-state index in [1.165, 1.54) is 0 Å². The van der Waals surface area contributed by atoms with Crippen LogP contribution < -0.4 is 5.32 Å².